The van der Waals surface area contributed by atoms with Crippen molar-refractivity contribution in [3.8, 4) is 0 Å². The number of hydrogen-bond acceptors (Lipinski definition) is 3. The molecule has 7 heteroatoms. The van der Waals surface area contributed by atoms with Gasteiger partial charge < -0.3 is 4.90 Å². The molecule has 0 radical (unpaired) electrons. The molecule has 0 spiro atoms. The van der Waals surface area contributed by atoms with Gasteiger partial charge in [-0.1, -0.05) is 23.7 Å². The van der Waals surface area contributed by atoms with Crippen LogP contribution in [0.15, 0.2) is 53.4 Å². The van der Waals surface area contributed by atoms with E-state index >= 15 is 0 Å². The van der Waals surface area contributed by atoms with Gasteiger partial charge in [-0.15, -0.1) is 0 Å². The molecule has 23 heavy (non-hydrogen) atoms. The summed E-state index contributed by atoms with van der Waals surface area (Å²) in [6.07, 6.45) is 0. The molecule has 0 bridgehead atoms. The number of rotatable bonds is 3. The molecule has 1 heterocycles. The lowest BCUT2D eigenvalue weighted by molar-refractivity contribution is 0.0659. The Balaban J connectivity index is 1.72. The minimum absolute atomic E-state index is 0.0637. The van der Waals surface area contributed by atoms with Gasteiger partial charge in [0.25, 0.3) is 5.91 Å². The van der Waals surface area contributed by atoms with Gasteiger partial charge in [0.05, 0.1) is 15.5 Å². The third kappa shape index (κ3) is 2.96. The quantitative estimate of drug-likeness (QED) is 0.797. The molecule has 1 aliphatic rings. The third-order valence-electron chi connectivity index (χ3n) is 3.82. The van der Waals surface area contributed by atoms with Gasteiger partial charge in [0, 0.05) is 13.1 Å². The second kappa shape index (κ2) is 5.94. The van der Waals surface area contributed by atoms with Crippen molar-refractivity contribution in [2.45, 2.75) is 10.1 Å². The lowest BCUT2D eigenvalue weighted by Crippen LogP contribution is -2.56. The maximum atomic E-state index is 12.9. The Bertz CT molecular complexity index is 846. The largest absolute Gasteiger partial charge is 0.336 e. The van der Waals surface area contributed by atoms with Crippen LogP contribution in [-0.4, -0.2) is 37.6 Å². The summed E-state index contributed by atoms with van der Waals surface area (Å²) in [7, 11) is -3.57. The number of amides is 1. The Labute approximate surface area is 138 Å². The summed E-state index contributed by atoms with van der Waals surface area (Å²) in [5.41, 5.74) is 0.354. The Morgan fingerprint density at radius 1 is 1.09 bits per heavy atom. The van der Waals surface area contributed by atoms with Gasteiger partial charge >= 0.3 is 0 Å². The van der Waals surface area contributed by atoms with E-state index in [-0.39, 0.29) is 23.9 Å². The van der Waals surface area contributed by atoms with Gasteiger partial charge in [0.2, 0.25) is 0 Å². The van der Waals surface area contributed by atoms with E-state index in [1.807, 2.05) is 0 Å². The lowest BCUT2D eigenvalue weighted by Gasteiger charge is -2.38. The molecule has 1 saturated heterocycles. The fourth-order valence-electron chi connectivity index (χ4n) is 2.42. The number of sulfone groups is 1. The van der Waals surface area contributed by atoms with Crippen molar-refractivity contribution in [2.75, 3.05) is 13.1 Å². The fraction of sp³-hybridized carbons (Fsp3) is 0.188. The molecule has 3 rings (SSSR count). The van der Waals surface area contributed by atoms with Crippen LogP contribution in [0.5, 0.6) is 0 Å². The molecule has 1 amide bonds. The Morgan fingerprint density at radius 3 is 2.30 bits per heavy atom. The molecule has 0 saturated carbocycles. The van der Waals surface area contributed by atoms with Crippen molar-refractivity contribution in [2.24, 2.45) is 0 Å². The maximum absolute atomic E-state index is 12.9. The molecule has 0 N–H and O–H groups in total. The van der Waals surface area contributed by atoms with E-state index in [9.17, 15) is 17.6 Å². The first-order valence-electron chi connectivity index (χ1n) is 6.93. The van der Waals surface area contributed by atoms with Gasteiger partial charge in [0.15, 0.2) is 9.84 Å². The molecule has 2 aromatic rings. The van der Waals surface area contributed by atoms with E-state index in [0.29, 0.717) is 10.6 Å². The highest BCUT2D eigenvalue weighted by Gasteiger charge is 2.41. The zero-order chi connectivity index (χ0) is 16.6. The van der Waals surface area contributed by atoms with Crippen LogP contribution in [0.25, 0.3) is 0 Å². The average molecular weight is 354 g/mol. The van der Waals surface area contributed by atoms with Crippen LogP contribution in [-0.2, 0) is 9.84 Å². The summed E-state index contributed by atoms with van der Waals surface area (Å²) in [5, 5.41) is -0.346. The number of halogens is 2. The van der Waals surface area contributed by atoms with Crippen molar-refractivity contribution in [3.05, 3.63) is 64.9 Å². The van der Waals surface area contributed by atoms with Crippen molar-refractivity contribution < 1.29 is 17.6 Å². The molecule has 120 valence electrons. The first-order chi connectivity index (χ1) is 10.9. The molecule has 2 aromatic carbocycles. The lowest BCUT2D eigenvalue weighted by atomic mass is 10.1. The Kier molecular flexibility index (Phi) is 4.12. The SMILES string of the molecule is O=C(c1ccccc1Cl)N1CC(S(=O)(=O)c2ccc(F)cc2)C1. The van der Waals surface area contributed by atoms with Gasteiger partial charge in [0.1, 0.15) is 11.1 Å². The monoisotopic (exact) mass is 353 g/mol. The van der Waals surface area contributed by atoms with E-state index < -0.39 is 20.9 Å². The van der Waals surface area contributed by atoms with E-state index in [2.05, 4.69) is 0 Å². The average Bonchev–Trinajstić information content (AvgIpc) is 2.46. The summed E-state index contributed by atoms with van der Waals surface area (Å²) in [6, 6.07) is 11.3. The predicted octanol–water partition coefficient (Wildman–Crippen LogP) is 2.78. The van der Waals surface area contributed by atoms with E-state index in [0.717, 1.165) is 12.1 Å². The van der Waals surface area contributed by atoms with Crippen LogP contribution in [0, 0.1) is 5.82 Å². The zero-order valence-electron chi connectivity index (χ0n) is 11.9. The van der Waals surface area contributed by atoms with Crippen LogP contribution in [0.2, 0.25) is 5.02 Å². The number of benzene rings is 2. The van der Waals surface area contributed by atoms with Gasteiger partial charge in [-0.25, -0.2) is 12.8 Å². The number of hydrogen-bond donors (Lipinski definition) is 0. The van der Waals surface area contributed by atoms with Crippen molar-refractivity contribution in [1.82, 2.24) is 4.90 Å². The number of nitrogens with zero attached hydrogens (tertiary/aromatic N) is 1. The third-order valence-corrected chi connectivity index (χ3v) is 6.26. The molecular weight excluding hydrogens is 341 g/mol. The van der Waals surface area contributed by atoms with Crippen molar-refractivity contribution in [3.63, 3.8) is 0 Å². The second-order valence-electron chi connectivity index (χ2n) is 5.31. The summed E-state index contributed by atoms with van der Waals surface area (Å²) in [6.45, 7) is 0.202. The molecule has 0 unspecified atom stereocenters. The normalized spacial score (nSPS) is 15.3. The zero-order valence-corrected chi connectivity index (χ0v) is 13.5. The molecule has 0 atom stereocenters. The highest BCUT2D eigenvalue weighted by molar-refractivity contribution is 7.92. The Hall–Kier alpha value is -1.92. The number of likely N-dealkylation sites (tertiary alicyclic amines) is 1. The molecule has 1 fully saturated rings. The van der Waals surface area contributed by atoms with Crippen LogP contribution in [0.4, 0.5) is 4.39 Å². The van der Waals surface area contributed by atoms with Crippen molar-refractivity contribution >= 4 is 27.3 Å². The number of carbonyl (C=O) groups excluding carboxylic acids is 1. The van der Waals surface area contributed by atoms with Crippen molar-refractivity contribution in [1.29, 1.82) is 0 Å². The van der Waals surface area contributed by atoms with Crippen LogP contribution in [0.3, 0.4) is 0 Å². The van der Waals surface area contributed by atoms with Gasteiger partial charge in [-0.3, -0.25) is 4.79 Å². The van der Waals surface area contributed by atoms with E-state index in [1.54, 1.807) is 24.3 Å². The minimum atomic E-state index is -3.57. The summed E-state index contributed by atoms with van der Waals surface area (Å²) in [5.74, 6) is -0.783. The summed E-state index contributed by atoms with van der Waals surface area (Å²) >= 11 is 5.98. The van der Waals surface area contributed by atoms with Crippen LogP contribution < -0.4 is 0 Å². The molecule has 4 nitrogen and oxygen atoms in total. The summed E-state index contributed by atoms with van der Waals surface area (Å²) in [4.78, 5) is 13.8. The molecule has 1 aliphatic heterocycles. The minimum Gasteiger partial charge on any atom is -0.336 e. The fourth-order valence-corrected chi connectivity index (χ4v) is 4.29. The van der Waals surface area contributed by atoms with E-state index in [1.165, 1.54) is 17.0 Å². The van der Waals surface area contributed by atoms with Gasteiger partial charge in [-0.05, 0) is 36.4 Å². The van der Waals surface area contributed by atoms with Crippen LogP contribution >= 0.6 is 11.6 Å². The first kappa shape index (κ1) is 16.0. The smallest absolute Gasteiger partial charge is 0.255 e. The Morgan fingerprint density at radius 2 is 1.70 bits per heavy atom. The second-order valence-corrected chi connectivity index (χ2v) is 7.95. The van der Waals surface area contributed by atoms with E-state index in [4.69, 9.17) is 11.6 Å². The first-order valence-corrected chi connectivity index (χ1v) is 8.85. The van der Waals surface area contributed by atoms with Crippen LogP contribution in [0.1, 0.15) is 10.4 Å². The standard InChI is InChI=1S/C16H13ClFNO3S/c17-15-4-2-1-3-14(15)16(20)19-9-13(10-19)23(21,22)12-7-5-11(18)6-8-12/h1-8,13H,9-10H2. The molecule has 0 aliphatic carbocycles. The summed E-state index contributed by atoms with van der Waals surface area (Å²) < 4.78 is 37.7. The topological polar surface area (TPSA) is 54.5 Å². The number of carbonyl (C=O) groups is 1. The van der Waals surface area contributed by atoms with Gasteiger partial charge in [-0.2, -0.15) is 0 Å². The predicted molar refractivity (Wildman–Crippen MR) is 84.7 cm³/mol. The maximum Gasteiger partial charge on any atom is 0.255 e. The molecular formula is C16H13ClFNO3S. The highest BCUT2D eigenvalue weighted by Crippen LogP contribution is 2.26. The highest BCUT2D eigenvalue weighted by atomic mass is 35.5. The molecule has 0 aromatic heterocycles.